The van der Waals surface area contributed by atoms with Crippen LogP contribution >= 0.6 is 15.9 Å². The van der Waals surface area contributed by atoms with Crippen LogP contribution in [0.25, 0.3) is 0 Å². The number of carbonyl (C=O) groups is 1. The van der Waals surface area contributed by atoms with Crippen molar-refractivity contribution in [1.82, 2.24) is 5.32 Å². The maximum atomic E-state index is 11.9. The van der Waals surface area contributed by atoms with Gasteiger partial charge in [0, 0.05) is 16.7 Å². The van der Waals surface area contributed by atoms with E-state index in [2.05, 4.69) is 26.6 Å². The Balaban J connectivity index is 1.80. The van der Waals surface area contributed by atoms with Gasteiger partial charge in [-0.1, -0.05) is 45.8 Å². The van der Waals surface area contributed by atoms with E-state index >= 15 is 0 Å². The van der Waals surface area contributed by atoms with Gasteiger partial charge in [0.25, 0.3) is 0 Å². The molecule has 0 aromatic heterocycles. The van der Waals surface area contributed by atoms with Crippen LogP contribution in [0, 0.1) is 13.8 Å². The zero-order chi connectivity index (χ0) is 15.2. The molecule has 2 aromatic carbocycles. The predicted molar refractivity (Wildman–Crippen MR) is 90.4 cm³/mol. The average Bonchev–Trinajstić information content (AvgIpc) is 2.46. The number of amides is 1. The van der Waals surface area contributed by atoms with Gasteiger partial charge in [-0.15, -0.1) is 0 Å². The van der Waals surface area contributed by atoms with E-state index in [-0.39, 0.29) is 12.5 Å². The molecule has 4 heteroatoms. The molecule has 2 rings (SSSR count). The molecule has 0 radical (unpaired) electrons. The summed E-state index contributed by atoms with van der Waals surface area (Å²) < 4.78 is 1.04. The van der Waals surface area contributed by atoms with Crippen molar-refractivity contribution in [3.63, 3.8) is 0 Å². The van der Waals surface area contributed by atoms with E-state index < -0.39 is 0 Å². The molecule has 0 fully saturated rings. The Bertz CT molecular complexity index is 623. The third-order valence-corrected chi connectivity index (χ3v) is 3.73. The number of aryl methyl sites for hydroxylation is 2. The molecule has 3 nitrogen and oxygen atoms in total. The molecular formula is C17H19BrN2O. The van der Waals surface area contributed by atoms with E-state index in [0.29, 0.717) is 6.54 Å². The lowest BCUT2D eigenvalue weighted by Crippen LogP contribution is -2.29. The van der Waals surface area contributed by atoms with Crippen LogP contribution in [0.2, 0.25) is 0 Å². The number of hydrogen-bond donors (Lipinski definition) is 2. The Labute approximate surface area is 133 Å². The third-order valence-electron chi connectivity index (χ3n) is 3.24. The maximum absolute atomic E-state index is 11.9. The molecule has 1 amide bonds. The second-order valence-corrected chi connectivity index (χ2v) is 5.99. The van der Waals surface area contributed by atoms with Gasteiger partial charge in [0.1, 0.15) is 0 Å². The first-order valence-corrected chi connectivity index (χ1v) is 7.66. The van der Waals surface area contributed by atoms with Crippen molar-refractivity contribution in [1.29, 1.82) is 0 Å². The molecule has 2 aromatic rings. The van der Waals surface area contributed by atoms with Gasteiger partial charge in [0.05, 0.1) is 6.54 Å². The van der Waals surface area contributed by atoms with E-state index in [9.17, 15) is 4.79 Å². The van der Waals surface area contributed by atoms with Gasteiger partial charge in [0.15, 0.2) is 0 Å². The first kappa shape index (κ1) is 15.6. The summed E-state index contributed by atoms with van der Waals surface area (Å²) in [7, 11) is 0. The molecule has 0 aliphatic carbocycles. The maximum Gasteiger partial charge on any atom is 0.239 e. The Morgan fingerprint density at radius 1 is 1.10 bits per heavy atom. The van der Waals surface area contributed by atoms with Crippen molar-refractivity contribution < 1.29 is 4.79 Å². The van der Waals surface area contributed by atoms with E-state index in [1.807, 2.05) is 56.3 Å². The normalized spacial score (nSPS) is 10.2. The summed E-state index contributed by atoms with van der Waals surface area (Å²) in [6, 6.07) is 14.1. The highest BCUT2D eigenvalue weighted by Gasteiger charge is 2.03. The highest BCUT2D eigenvalue weighted by molar-refractivity contribution is 9.10. The number of carbonyl (C=O) groups excluding carboxylic acids is 1. The number of halogens is 1. The molecule has 0 aliphatic heterocycles. The van der Waals surface area contributed by atoms with Crippen LogP contribution in [0.1, 0.15) is 16.7 Å². The minimum absolute atomic E-state index is 0.0158. The zero-order valence-electron chi connectivity index (χ0n) is 12.2. The highest BCUT2D eigenvalue weighted by atomic mass is 79.9. The molecule has 0 spiro atoms. The zero-order valence-corrected chi connectivity index (χ0v) is 13.8. The highest BCUT2D eigenvalue weighted by Crippen LogP contribution is 2.19. The van der Waals surface area contributed by atoms with Crippen LogP contribution in [0.4, 0.5) is 5.69 Å². The third kappa shape index (κ3) is 4.90. The molecule has 0 aliphatic rings. The quantitative estimate of drug-likeness (QED) is 0.864. The fourth-order valence-corrected chi connectivity index (χ4v) is 2.45. The molecule has 0 atom stereocenters. The Morgan fingerprint density at radius 3 is 2.48 bits per heavy atom. The molecular weight excluding hydrogens is 328 g/mol. The van der Waals surface area contributed by atoms with Crippen LogP contribution in [0.5, 0.6) is 0 Å². The van der Waals surface area contributed by atoms with Gasteiger partial charge >= 0.3 is 0 Å². The van der Waals surface area contributed by atoms with Crippen LogP contribution in [-0.2, 0) is 11.3 Å². The van der Waals surface area contributed by atoms with Crippen LogP contribution in [-0.4, -0.2) is 12.5 Å². The minimum Gasteiger partial charge on any atom is -0.376 e. The van der Waals surface area contributed by atoms with Crippen molar-refractivity contribution in [3.05, 3.63) is 63.6 Å². The Morgan fingerprint density at radius 2 is 1.81 bits per heavy atom. The van der Waals surface area contributed by atoms with Gasteiger partial charge in [-0.05, 0) is 43.2 Å². The van der Waals surface area contributed by atoms with Gasteiger partial charge in [-0.3, -0.25) is 4.79 Å². The standard InChI is InChI=1S/C17H19BrN2O/c1-12-3-5-14(6-4-12)10-20-17(21)11-19-16-8-7-15(18)9-13(16)2/h3-9,19H,10-11H2,1-2H3,(H,20,21). The first-order valence-electron chi connectivity index (χ1n) is 6.87. The molecule has 2 N–H and O–H groups in total. The number of anilines is 1. The van der Waals surface area contributed by atoms with E-state index in [0.717, 1.165) is 21.3 Å². The van der Waals surface area contributed by atoms with Gasteiger partial charge < -0.3 is 10.6 Å². The Hall–Kier alpha value is -1.81. The summed E-state index contributed by atoms with van der Waals surface area (Å²) in [4.78, 5) is 11.9. The van der Waals surface area contributed by atoms with Crippen molar-refractivity contribution in [2.24, 2.45) is 0 Å². The molecule has 0 bridgehead atoms. The Kier molecular flexibility index (Phi) is 5.39. The van der Waals surface area contributed by atoms with Crippen molar-refractivity contribution in [2.75, 3.05) is 11.9 Å². The molecule has 0 saturated carbocycles. The summed E-state index contributed by atoms with van der Waals surface area (Å²) in [5, 5.41) is 6.06. The van der Waals surface area contributed by atoms with E-state index in [4.69, 9.17) is 0 Å². The average molecular weight is 347 g/mol. The lowest BCUT2D eigenvalue weighted by atomic mass is 10.1. The van der Waals surface area contributed by atoms with Crippen LogP contribution in [0.15, 0.2) is 46.9 Å². The summed E-state index contributed by atoms with van der Waals surface area (Å²) in [5.41, 5.74) is 4.41. The molecule has 0 heterocycles. The SMILES string of the molecule is Cc1ccc(CNC(=O)CNc2ccc(Br)cc2C)cc1. The summed E-state index contributed by atoms with van der Waals surface area (Å²) in [6.45, 7) is 4.89. The van der Waals surface area contributed by atoms with E-state index in [1.165, 1.54) is 5.56 Å². The predicted octanol–water partition coefficient (Wildman–Crippen LogP) is 3.79. The van der Waals surface area contributed by atoms with E-state index in [1.54, 1.807) is 0 Å². The summed E-state index contributed by atoms with van der Waals surface area (Å²) >= 11 is 3.43. The van der Waals surface area contributed by atoms with Crippen molar-refractivity contribution in [3.8, 4) is 0 Å². The second-order valence-electron chi connectivity index (χ2n) is 5.08. The van der Waals surface area contributed by atoms with Gasteiger partial charge in [-0.25, -0.2) is 0 Å². The van der Waals surface area contributed by atoms with Crippen molar-refractivity contribution in [2.45, 2.75) is 20.4 Å². The number of hydrogen-bond acceptors (Lipinski definition) is 2. The summed E-state index contributed by atoms with van der Waals surface area (Å²) in [6.07, 6.45) is 0. The summed E-state index contributed by atoms with van der Waals surface area (Å²) in [5.74, 6) is -0.0158. The largest absolute Gasteiger partial charge is 0.376 e. The molecule has 110 valence electrons. The second kappa shape index (κ2) is 7.27. The number of benzene rings is 2. The van der Waals surface area contributed by atoms with Gasteiger partial charge in [0.2, 0.25) is 5.91 Å². The fraction of sp³-hybridized carbons (Fsp3) is 0.235. The first-order chi connectivity index (χ1) is 10.0. The smallest absolute Gasteiger partial charge is 0.239 e. The minimum atomic E-state index is -0.0158. The number of rotatable bonds is 5. The van der Waals surface area contributed by atoms with Crippen LogP contribution < -0.4 is 10.6 Å². The van der Waals surface area contributed by atoms with Crippen LogP contribution in [0.3, 0.4) is 0 Å². The molecule has 0 saturated heterocycles. The lowest BCUT2D eigenvalue weighted by molar-refractivity contribution is -0.119. The fourth-order valence-electron chi connectivity index (χ4n) is 1.97. The molecule has 0 unspecified atom stereocenters. The molecule has 21 heavy (non-hydrogen) atoms. The van der Waals surface area contributed by atoms with Gasteiger partial charge in [-0.2, -0.15) is 0 Å². The lowest BCUT2D eigenvalue weighted by Gasteiger charge is -2.10. The monoisotopic (exact) mass is 346 g/mol. The van der Waals surface area contributed by atoms with Crippen molar-refractivity contribution >= 4 is 27.5 Å². The number of nitrogens with one attached hydrogen (secondary N) is 2. The topological polar surface area (TPSA) is 41.1 Å².